The summed E-state index contributed by atoms with van der Waals surface area (Å²) >= 11 is 12.3. The van der Waals surface area contributed by atoms with Crippen LogP contribution in [0.2, 0.25) is 10.0 Å². The van der Waals surface area contributed by atoms with Crippen molar-refractivity contribution in [1.82, 2.24) is 9.62 Å². The van der Waals surface area contributed by atoms with Crippen molar-refractivity contribution in [3.63, 3.8) is 0 Å². The fourth-order valence-corrected chi connectivity index (χ4v) is 5.87. The molecule has 10 heteroatoms. The molecule has 0 bridgehead atoms. The molecule has 174 valence electrons. The highest BCUT2D eigenvalue weighted by atomic mass is 35.5. The van der Waals surface area contributed by atoms with Crippen molar-refractivity contribution in [2.24, 2.45) is 5.92 Å². The van der Waals surface area contributed by atoms with Crippen LogP contribution in [-0.4, -0.2) is 52.0 Å². The lowest BCUT2D eigenvalue weighted by Crippen LogP contribution is -2.46. The second-order valence-electron chi connectivity index (χ2n) is 7.47. The van der Waals surface area contributed by atoms with Gasteiger partial charge in [0.05, 0.1) is 25.3 Å². The molecule has 7 nitrogen and oxygen atoms in total. The van der Waals surface area contributed by atoms with E-state index in [2.05, 4.69) is 5.32 Å². The van der Waals surface area contributed by atoms with Gasteiger partial charge < -0.3 is 14.8 Å². The molecule has 1 fully saturated rings. The number of ether oxygens (including phenoxy) is 2. The summed E-state index contributed by atoms with van der Waals surface area (Å²) in [5, 5.41) is 3.45. The molecule has 2 aromatic rings. The second-order valence-corrected chi connectivity index (χ2v) is 10.3. The summed E-state index contributed by atoms with van der Waals surface area (Å²) in [6, 6.07) is 12.0. The Morgan fingerprint density at radius 1 is 1.12 bits per heavy atom. The first-order valence-electron chi connectivity index (χ1n) is 10.3. The van der Waals surface area contributed by atoms with Crippen LogP contribution in [0.4, 0.5) is 0 Å². The zero-order valence-corrected chi connectivity index (χ0v) is 20.0. The summed E-state index contributed by atoms with van der Waals surface area (Å²) in [7, 11) is -2.07. The van der Waals surface area contributed by atoms with Gasteiger partial charge in [-0.3, -0.25) is 4.79 Å². The van der Waals surface area contributed by atoms with Crippen molar-refractivity contribution in [3.8, 4) is 11.5 Å². The van der Waals surface area contributed by atoms with E-state index in [0.29, 0.717) is 53.9 Å². The minimum Gasteiger partial charge on any atom is -0.497 e. The lowest BCUT2D eigenvalue weighted by Gasteiger charge is -2.31. The van der Waals surface area contributed by atoms with Crippen molar-refractivity contribution in [2.45, 2.75) is 18.6 Å². The van der Waals surface area contributed by atoms with Gasteiger partial charge in [0.1, 0.15) is 18.1 Å². The standard InChI is InChI=1S/C22H26Cl2N2O5S/c1-30-17-7-9-18(10-8-17)31-13-11-25-22(27)16-4-3-12-26(14-16)32(28,29)15-19-20(23)5-2-6-21(19)24/h2,5-10,16H,3-4,11-15H2,1H3,(H,25,27). The van der Waals surface area contributed by atoms with Crippen LogP contribution in [0.3, 0.4) is 0 Å². The van der Waals surface area contributed by atoms with Gasteiger partial charge in [-0.15, -0.1) is 0 Å². The molecule has 1 aliphatic heterocycles. The Bertz CT molecular complexity index is 1010. The molecule has 3 rings (SSSR count). The number of sulfonamides is 1. The molecule has 1 saturated heterocycles. The summed E-state index contributed by atoms with van der Waals surface area (Å²) in [4.78, 5) is 12.6. The number of rotatable bonds is 9. The maximum atomic E-state index is 12.9. The highest BCUT2D eigenvalue weighted by molar-refractivity contribution is 7.88. The van der Waals surface area contributed by atoms with Crippen molar-refractivity contribution in [2.75, 3.05) is 33.4 Å². The first-order chi connectivity index (χ1) is 15.3. The van der Waals surface area contributed by atoms with E-state index >= 15 is 0 Å². The minimum atomic E-state index is -3.67. The number of nitrogens with one attached hydrogen (secondary N) is 1. The number of halogens is 2. The first-order valence-corrected chi connectivity index (χ1v) is 12.6. The topological polar surface area (TPSA) is 84.9 Å². The molecule has 32 heavy (non-hydrogen) atoms. The van der Waals surface area contributed by atoms with Crippen molar-refractivity contribution in [3.05, 3.63) is 58.1 Å². The summed E-state index contributed by atoms with van der Waals surface area (Å²) in [5.74, 6) is 0.517. The molecule has 1 N–H and O–H groups in total. The Balaban J connectivity index is 1.50. The molecule has 1 atom stereocenters. The lowest BCUT2D eigenvalue weighted by molar-refractivity contribution is -0.126. The van der Waals surface area contributed by atoms with Crippen molar-refractivity contribution >= 4 is 39.1 Å². The molecule has 0 spiro atoms. The third kappa shape index (κ3) is 6.51. The van der Waals surface area contributed by atoms with Gasteiger partial charge in [0.25, 0.3) is 0 Å². The van der Waals surface area contributed by atoms with Gasteiger partial charge in [-0.25, -0.2) is 12.7 Å². The number of carbonyl (C=O) groups excluding carboxylic acids is 1. The van der Waals surface area contributed by atoms with E-state index in [-0.39, 0.29) is 18.2 Å². The maximum absolute atomic E-state index is 12.9. The van der Waals surface area contributed by atoms with Crippen molar-refractivity contribution in [1.29, 1.82) is 0 Å². The van der Waals surface area contributed by atoms with Gasteiger partial charge in [0.15, 0.2) is 0 Å². The van der Waals surface area contributed by atoms with E-state index in [4.69, 9.17) is 32.7 Å². The largest absolute Gasteiger partial charge is 0.497 e. The summed E-state index contributed by atoms with van der Waals surface area (Å²) in [6.45, 7) is 1.13. The molecular formula is C22H26Cl2N2O5S. The Hall–Kier alpha value is -2.00. The highest BCUT2D eigenvalue weighted by Gasteiger charge is 2.33. The van der Waals surface area contributed by atoms with Gasteiger partial charge in [-0.2, -0.15) is 0 Å². The third-order valence-corrected chi connectivity index (χ3v) is 7.75. The van der Waals surface area contributed by atoms with Gasteiger partial charge in [0, 0.05) is 28.7 Å². The molecule has 0 radical (unpaired) electrons. The van der Waals surface area contributed by atoms with Gasteiger partial charge in [0.2, 0.25) is 15.9 Å². The summed E-state index contributed by atoms with van der Waals surface area (Å²) in [6.07, 6.45) is 1.24. The normalized spacial score (nSPS) is 17.0. The van der Waals surface area contributed by atoms with Crippen LogP contribution in [0, 0.1) is 5.92 Å². The maximum Gasteiger partial charge on any atom is 0.224 e. The second kappa shape index (κ2) is 11.2. The van der Waals surface area contributed by atoms with Gasteiger partial charge in [-0.05, 0) is 49.2 Å². The fourth-order valence-electron chi connectivity index (χ4n) is 3.51. The predicted molar refractivity (Wildman–Crippen MR) is 125 cm³/mol. The molecule has 1 aliphatic rings. The van der Waals surface area contributed by atoms with E-state index in [1.165, 1.54) is 4.31 Å². The van der Waals surface area contributed by atoms with Gasteiger partial charge >= 0.3 is 0 Å². The van der Waals surface area contributed by atoms with Gasteiger partial charge in [-0.1, -0.05) is 29.3 Å². The van der Waals surface area contributed by atoms with E-state index < -0.39 is 15.9 Å². The number of hydrogen-bond donors (Lipinski definition) is 1. The molecule has 2 aromatic carbocycles. The Morgan fingerprint density at radius 3 is 2.44 bits per heavy atom. The van der Waals surface area contributed by atoms with Crippen LogP contribution in [0.5, 0.6) is 11.5 Å². The third-order valence-electron chi connectivity index (χ3n) is 5.27. The predicted octanol–water partition coefficient (Wildman–Crippen LogP) is 3.74. The van der Waals surface area contributed by atoms with E-state index in [1.807, 2.05) is 0 Å². The Kier molecular flexibility index (Phi) is 8.64. The number of hydrogen-bond acceptors (Lipinski definition) is 5. The molecule has 0 aromatic heterocycles. The van der Waals surface area contributed by atoms with Crippen LogP contribution < -0.4 is 14.8 Å². The molecule has 1 heterocycles. The van der Waals surface area contributed by atoms with E-state index in [0.717, 1.165) is 5.75 Å². The van der Waals surface area contributed by atoms with Crippen LogP contribution in [0.15, 0.2) is 42.5 Å². The Labute approximate surface area is 198 Å². The van der Waals surface area contributed by atoms with Crippen LogP contribution >= 0.6 is 23.2 Å². The smallest absolute Gasteiger partial charge is 0.224 e. The molecule has 1 unspecified atom stereocenters. The number of amides is 1. The van der Waals surface area contributed by atoms with E-state index in [9.17, 15) is 13.2 Å². The SMILES string of the molecule is COc1ccc(OCCNC(=O)C2CCCN(S(=O)(=O)Cc3c(Cl)cccc3Cl)C2)cc1. The number of nitrogens with zero attached hydrogens (tertiary/aromatic N) is 1. The summed E-state index contributed by atoms with van der Waals surface area (Å²) < 4.78 is 37.9. The average Bonchev–Trinajstić information content (AvgIpc) is 2.79. The zero-order valence-electron chi connectivity index (χ0n) is 17.7. The molecule has 1 amide bonds. The van der Waals surface area contributed by atoms with Crippen LogP contribution in [0.25, 0.3) is 0 Å². The quantitative estimate of drug-likeness (QED) is 0.530. The number of methoxy groups -OCH3 is 1. The molecule has 0 aliphatic carbocycles. The molecule has 0 saturated carbocycles. The highest BCUT2D eigenvalue weighted by Crippen LogP contribution is 2.29. The van der Waals surface area contributed by atoms with Crippen LogP contribution in [-0.2, 0) is 20.6 Å². The zero-order chi connectivity index (χ0) is 23.1. The number of carbonyl (C=O) groups is 1. The average molecular weight is 501 g/mol. The van der Waals surface area contributed by atoms with E-state index in [1.54, 1.807) is 49.6 Å². The monoisotopic (exact) mass is 500 g/mol. The first kappa shape index (κ1) is 24.6. The number of piperidine rings is 1. The number of benzene rings is 2. The molecular weight excluding hydrogens is 475 g/mol. The van der Waals surface area contributed by atoms with Crippen molar-refractivity contribution < 1.29 is 22.7 Å². The minimum absolute atomic E-state index is 0.134. The summed E-state index contributed by atoms with van der Waals surface area (Å²) in [5.41, 5.74) is 0.373. The Morgan fingerprint density at radius 2 is 1.78 bits per heavy atom. The lowest BCUT2D eigenvalue weighted by atomic mass is 9.99. The fraction of sp³-hybridized carbons (Fsp3) is 0.409. The van der Waals surface area contributed by atoms with Crippen LogP contribution in [0.1, 0.15) is 18.4 Å².